The van der Waals surface area contributed by atoms with E-state index in [2.05, 4.69) is 24.9 Å². The highest BCUT2D eigenvalue weighted by atomic mass is 32.2. The van der Waals surface area contributed by atoms with E-state index in [0.29, 0.717) is 21.5 Å². The first-order chi connectivity index (χ1) is 15.9. The van der Waals surface area contributed by atoms with Crippen molar-refractivity contribution >= 4 is 47.6 Å². The summed E-state index contributed by atoms with van der Waals surface area (Å²) in [5.74, 6) is 0.196. The Bertz CT molecular complexity index is 1380. The zero-order valence-electron chi connectivity index (χ0n) is 17.1. The number of hydrogen-bond acceptors (Lipinski definition) is 11. The van der Waals surface area contributed by atoms with Gasteiger partial charge in [0, 0.05) is 7.11 Å². The van der Waals surface area contributed by atoms with Crippen LogP contribution in [0.5, 0.6) is 0 Å². The van der Waals surface area contributed by atoms with Crippen LogP contribution in [-0.2, 0) is 23.1 Å². The van der Waals surface area contributed by atoms with Gasteiger partial charge in [0.25, 0.3) is 0 Å². The smallest absolute Gasteiger partial charge is 0.382 e. The number of aromatic amines is 1. The lowest BCUT2D eigenvalue weighted by Gasteiger charge is -2.29. The number of fused-ring (bicyclic) bond motifs is 3. The largest absolute Gasteiger partial charge is 0.472 e. The first-order valence-corrected chi connectivity index (χ1v) is 12.2. The molecule has 5 unspecified atom stereocenters. The number of aromatic nitrogens is 6. The Kier molecular flexibility index (Phi) is 4.92. The van der Waals surface area contributed by atoms with Crippen LogP contribution in [0.2, 0.25) is 0 Å². The maximum atomic E-state index is 11.9. The number of para-hydroxylation sites is 2. The van der Waals surface area contributed by atoms with Crippen LogP contribution in [-0.4, -0.2) is 66.4 Å². The third-order valence-corrected chi connectivity index (χ3v) is 7.21. The molecule has 33 heavy (non-hydrogen) atoms. The van der Waals surface area contributed by atoms with Crippen LogP contribution < -0.4 is 5.73 Å². The molecule has 0 radical (unpaired) electrons. The minimum atomic E-state index is -4.17. The van der Waals surface area contributed by atoms with Crippen LogP contribution in [0, 0.1) is 0 Å². The van der Waals surface area contributed by atoms with Gasteiger partial charge in [-0.25, -0.2) is 24.5 Å². The molecule has 172 valence electrons. The summed E-state index contributed by atoms with van der Waals surface area (Å²) in [5, 5.41) is 0.979. The molecule has 6 rings (SSSR count). The molecule has 2 aliphatic rings. The van der Waals surface area contributed by atoms with Crippen molar-refractivity contribution in [1.29, 1.82) is 0 Å². The minimum Gasteiger partial charge on any atom is -0.382 e. The molecule has 0 aliphatic carbocycles. The number of benzene rings is 1. The van der Waals surface area contributed by atoms with E-state index in [9.17, 15) is 9.46 Å². The number of anilines is 1. The lowest BCUT2D eigenvalue weighted by molar-refractivity contribution is -0.0667. The van der Waals surface area contributed by atoms with Gasteiger partial charge in [0.1, 0.15) is 23.8 Å². The van der Waals surface area contributed by atoms with Gasteiger partial charge in [-0.15, -0.1) is 0 Å². The third-order valence-electron chi connectivity index (χ3n) is 5.47. The van der Waals surface area contributed by atoms with Gasteiger partial charge in [-0.3, -0.25) is 13.6 Å². The summed E-state index contributed by atoms with van der Waals surface area (Å²) in [6.07, 6.45) is -1.34. The Balaban J connectivity index is 1.36. The van der Waals surface area contributed by atoms with Gasteiger partial charge in [0.15, 0.2) is 28.0 Å². The van der Waals surface area contributed by atoms with Crippen molar-refractivity contribution in [3.8, 4) is 0 Å². The van der Waals surface area contributed by atoms with Crippen molar-refractivity contribution in [2.45, 2.75) is 34.9 Å². The van der Waals surface area contributed by atoms with E-state index in [1.54, 1.807) is 4.57 Å². The Morgan fingerprint density at radius 2 is 2.18 bits per heavy atom. The highest BCUT2D eigenvalue weighted by Crippen LogP contribution is 2.53. The molecule has 0 amide bonds. The molecule has 0 bridgehead atoms. The predicted molar refractivity (Wildman–Crippen MR) is 115 cm³/mol. The summed E-state index contributed by atoms with van der Waals surface area (Å²) in [4.78, 5) is 30.8. The molecule has 2 saturated heterocycles. The van der Waals surface area contributed by atoms with Gasteiger partial charge in [-0.1, -0.05) is 12.1 Å². The van der Waals surface area contributed by atoms with Crippen LogP contribution in [0.4, 0.5) is 5.82 Å². The van der Waals surface area contributed by atoms with Crippen molar-refractivity contribution in [2.75, 3.05) is 19.5 Å². The topological polar surface area (TPSA) is 173 Å². The van der Waals surface area contributed by atoms with Crippen molar-refractivity contribution in [2.24, 2.45) is 0 Å². The molecule has 15 heteroatoms. The van der Waals surface area contributed by atoms with Crippen molar-refractivity contribution < 1.29 is 28.0 Å². The van der Waals surface area contributed by atoms with Crippen LogP contribution in [0.25, 0.3) is 22.2 Å². The van der Waals surface area contributed by atoms with Gasteiger partial charge < -0.3 is 25.1 Å². The molecule has 3 aromatic heterocycles. The third kappa shape index (κ3) is 3.60. The second-order valence-corrected chi connectivity index (χ2v) is 9.84. The van der Waals surface area contributed by atoms with E-state index in [1.807, 2.05) is 24.3 Å². The van der Waals surface area contributed by atoms with E-state index in [-0.39, 0.29) is 12.4 Å². The van der Waals surface area contributed by atoms with Gasteiger partial charge in [-0.2, -0.15) is 0 Å². The summed E-state index contributed by atoms with van der Waals surface area (Å²) in [7, 11) is -2.70. The number of methoxy groups -OCH3 is 1. The number of ether oxygens (including phenoxy) is 2. The molecule has 5 atom stereocenters. The number of rotatable bonds is 4. The lowest BCUT2D eigenvalue weighted by Crippen LogP contribution is -2.40. The average Bonchev–Trinajstić information content (AvgIpc) is 3.47. The highest BCUT2D eigenvalue weighted by Gasteiger charge is 2.53. The molecule has 13 nitrogen and oxygen atoms in total. The van der Waals surface area contributed by atoms with Crippen LogP contribution >= 0.6 is 19.6 Å². The summed E-state index contributed by atoms with van der Waals surface area (Å²) in [5.41, 5.74) is 8.69. The van der Waals surface area contributed by atoms with Crippen LogP contribution in [0.15, 0.2) is 40.9 Å². The maximum absolute atomic E-state index is 11.9. The van der Waals surface area contributed by atoms with E-state index in [0.717, 1.165) is 11.0 Å². The van der Waals surface area contributed by atoms with E-state index < -0.39 is 32.4 Å². The Hall–Kier alpha value is -2.58. The normalized spacial score (nSPS) is 29.6. The number of imidazole rings is 2. The summed E-state index contributed by atoms with van der Waals surface area (Å²) < 4.78 is 35.3. The molecule has 4 N–H and O–H groups in total. The number of H-pyrrole nitrogens is 1. The van der Waals surface area contributed by atoms with Crippen molar-refractivity contribution in [3.05, 3.63) is 30.6 Å². The molecule has 0 saturated carbocycles. The van der Waals surface area contributed by atoms with Crippen LogP contribution in [0.1, 0.15) is 6.23 Å². The molecule has 2 aliphatic heterocycles. The fourth-order valence-corrected chi connectivity index (χ4v) is 5.72. The predicted octanol–water partition coefficient (Wildman–Crippen LogP) is 1.86. The molecular weight excluding hydrogens is 473 g/mol. The van der Waals surface area contributed by atoms with Crippen molar-refractivity contribution in [3.63, 3.8) is 0 Å². The monoisotopic (exact) mass is 491 g/mol. The second-order valence-electron chi connectivity index (χ2n) is 7.48. The molecular formula is C18H18N7O6PS. The lowest BCUT2D eigenvalue weighted by atomic mass is 10.1. The Labute approximate surface area is 190 Å². The van der Waals surface area contributed by atoms with Crippen molar-refractivity contribution in [1.82, 2.24) is 29.5 Å². The second kappa shape index (κ2) is 7.74. The first kappa shape index (κ1) is 21.0. The van der Waals surface area contributed by atoms with Gasteiger partial charge in [-0.05, 0) is 23.9 Å². The zero-order chi connectivity index (χ0) is 22.7. The number of nitrogens with zero attached hydrogens (tertiary/aromatic N) is 5. The van der Waals surface area contributed by atoms with E-state index in [4.69, 9.17) is 24.3 Å². The SMILES string of the molecule is COC1C2OP(=O)(O)OCC2OC1n1cnc2c(N)nc(Sc3nc4ccccc4[nH]3)nc21. The van der Waals surface area contributed by atoms with Gasteiger partial charge in [0.05, 0.1) is 24.0 Å². The van der Waals surface area contributed by atoms with E-state index in [1.165, 1.54) is 25.2 Å². The quantitative estimate of drug-likeness (QED) is 0.280. The number of nitrogens with two attached hydrogens (primary N) is 1. The highest BCUT2D eigenvalue weighted by molar-refractivity contribution is 7.99. The Morgan fingerprint density at radius 3 is 3.00 bits per heavy atom. The fourth-order valence-electron chi connectivity index (χ4n) is 4.01. The minimum absolute atomic E-state index is 0.105. The van der Waals surface area contributed by atoms with Gasteiger partial charge in [0.2, 0.25) is 0 Å². The fraction of sp³-hybridized carbons (Fsp3) is 0.333. The maximum Gasteiger partial charge on any atom is 0.472 e. The number of hydrogen-bond donors (Lipinski definition) is 3. The van der Waals surface area contributed by atoms with Crippen LogP contribution in [0.3, 0.4) is 0 Å². The number of phosphoric acid groups is 1. The molecule has 0 spiro atoms. The first-order valence-electron chi connectivity index (χ1n) is 9.88. The Morgan fingerprint density at radius 1 is 1.33 bits per heavy atom. The van der Waals surface area contributed by atoms with Gasteiger partial charge >= 0.3 is 7.82 Å². The number of phosphoric ester groups is 1. The molecule has 2 fully saturated rings. The summed E-state index contributed by atoms with van der Waals surface area (Å²) in [6, 6.07) is 7.66. The summed E-state index contributed by atoms with van der Waals surface area (Å²) >= 11 is 1.23. The number of nitrogens with one attached hydrogen (secondary N) is 1. The standard InChI is InChI=1S/C18H18N7O6PS/c1-28-13-12-10(6-29-32(26,27)31-12)30-16(13)25-7-20-11-14(19)23-18(24-15(11)25)33-17-21-8-4-2-3-5-9(8)22-17/h2-5,7,10,12-13,16H,6H2,1H3,(H,21,22)(H,26,27)(H2,19,23,24). The molecule has 4 aromatic rings. The molecule has 1 aromatic carbocycles. The average molecular weight is 491 g/mol. The number of nitrogen functional groups attached to an aromatic ring is 1. The zero-order valence-corrected chi connectivity index (χ0v) is 18.8. The molecule has 5 heterocycles. The summed E-state index contributed by atoms with van der Waals surface area (Å²) in [6.45, 7) is -0.105. The van der Waals surface area contributed by atoms with E-state index >= 15 is 0 Å².